The number of carbonyl (C=O) groups is 2. The molecule has 0 rings (SSSR count). The molecule has 0 bridgehead atoms. The van der Waals surface area contributed by atoms with Crippen molar-refractivity contribution in [2.45, 2.75) is 52.7 Å². The SMILES string of the molecule is CC(=O)C(C)N(CCCOC(C)C)CCC(=O)O. The third-order valence-electron chi connectivity index (χ3n) is 2.79. The second kappa shape index (κ2) is 9.05. The molecular weight excluding hydrogens is 234 g/mol. The lowest BCUT2D eigenvalue weighted by Crippen LogP contribution is -2.40. The molecule has 1 atom stereocenters. The summed E-state index contributed by atoms with van der Waals surface area (Å²) in [6, 6.07) is -0.233. The Kier molecular flexibility index (Phi) is 8.58. The summed E-state index contributed by atoms with van der Waals surface area (Å²) in [5, 5.41) is 8.69. The molecule has 0 saturated carbocycles. The van der Waals surface area contributed by atoms with Crippen LogP contribution in [0.25, 0.3) is 0 Å². The Morgan fingerprint density at radius 2 is 1.83 bits per heavy atom. The molecule has 0 radical (unpaired) electrons. The van der Waals surface area contributed by atoms with Crippen molar-refractivity contribution in [2.24, 2.45) is 0 Å². The summed E-state index contributed by atoms with van der Waals surface area (Å²) < 4.78 is 5.43. The minimum atomic E-state index is -0.839. The van der Waals surface area contributed by atoms with Gasteiger partial charge in [0, 0.05) is 19.7 Å². The molecule has 106 valence electrons. The third kappa shape index (κ3) is 8.20. The van der Waals surface area contributed by atoms with E-state index in [1.54, 1.807) is 0 Å². The molecule has 0 amide bonds. The highest BCUT2D eigenvalue weighted by molar-refractivity contribution is 5.81. The van der Waals surface area contributed by atoms with Crippen LogP contribution in [-0.2, 0) is 14.3 Å². The number of aliphatic carboxylic acids is 1. The number of nitrogens with zero attached hydrogens (tertiary/aromatic N) is 1. The molecule has 0 fully saturated rings. The van der Waals surface area contributed by atoms with E-state index < -0.39 is 5.97 Å². The topological polar surface area (TPSA) is 66.8 Å². The summed E-state index contributed by atoms with van der Waals surface area (Å²) in [7, 11) is 0. The number of carboxylic acid groups (broad SMARTS) is 1. The first-order valence-electron chi connectivity index (χ1n) is 6.42. The lowest BCUT2D eigenvalue weighted by molar-refractivity contribution is -0.138. The highest BCUT2D eigenvalue weighted by atomic mass is 16.5. The van der Waals surface area contributed by atoms with Crippen molar-refractivity contribution in [1.82, 2.24) is 4.90 Å². The van der Waals surface area contributed by atoms with Crippen LogP contribution in [0.5, 0.6) is 0 Å². The first kappa shape index (κ1) is 17.1. The maximum atomic E-state index is 11.4. The first-order valence-corrected chi connectivity index (χ1v) is 6.42. The molecule has 0 saturated heterocycles. The van der Waals surface area contributed by atoms with E-state index >= 15 is 0 Å². The van der Waals surface area contributed by atoms with Crippen molar-refractivity contribution in [3.63, 3.8) is 0 Å². The third-order valence-corrected chi connectivity index (χ3v) is 2.79. The summed E-state index contributed by atoms with van der Waals surface area (Å²) in [4.78, 5) is 23.8. The van der Waals surface area contributed by atoms with E-state index in [0.717, 1.165) is 6.42 Å². The summed E-state index contributed by atoms with van der Waals surface area (Å²) >= 11 is 0. The molecule has 0 heterocycles. The Hall–Kier alpha value is -0.940. The average molecular weight is 259 g/mol. The average Bonchev–Trinajstić information content (AvgIpc) is 2.26. The fraction of sp³-hybridized carbons (Fsp3) is 0.846. The quantitative estimate of drug-likeness (QED) is 0.603. The number of ketones is 1. The molecule has 5 heteroatoms. The molecule has 1 N–H and O–H groups in total. The largest absolute Gasteiger partial charge is 0.481 e. The van der Waals surface area contributed by atoms with Crippen molar-refractivity contribution >= 4 is 11.8 Å². The molecule has 0 spiro atoms. The maximum Gasteiger partial charge on any atom is 0.304 e. The van der Waals surface area contributed by atoms with Gasteiger partial charge >= 0.3 is 5.97 Å². The fourth-order valence-electron chi connectivity index (χ4n) is 1.58. The van der Waals surface area contributed by atoms with E-state index in [-0.39, 0.29) is 24.3 Å². The highest BCUT2D eigenvalue weighted by Crippen LogP contribution is 2.04. The molecular formula is C13H25NO4. The van der Waals surface area contributed by atoms with E-state index in [1.165, 1.54) is 6.92 Å². The van der Waals surface area contributed by atoms with Crippen LogP contribution in [0.3, 0.4) is 0 Å². The van der Waals surface area contributed by atoms with Crippen LogP contribution in [0.1, 0.15) is 40.5 Å². The van der Waals surface area contributed by atoms with Gasteiger partial charge in [0.25, 0.3) is 0 Å². The van der Waals surface area contributed by atoms with Gasteiger partial charge in [0.15, 0.2) is 0 Å². The van der Waals surface area contributed by atoms with Gasteiger partial charge in [0.2, 0.25) is 0 Å². The lowest BCUT2D eigenvalue weighted by Gasteiger charge is -2.26. The van der Waals surface area contributed by atoms with Crippen LogP contribution in [-0.4, -0.2) is 53.6 Å². The first-order chi connectivity index (χ1) is 8.34. The second-order valence-electron chi connectivity index (χ2n) is 4.74. The Bertz CT molecular complexity index is 266. The van der Waals surface area contributed by atoms with E-state index in [0.29, 0.717) is 19.7 Å². The second-order valence-corrected chi connectivity index (χ2v) is 4.74. The van der Waals surface area contributed by atoms with Crippen LogP contribution in [0.15, 0.2) is 0 Å². The van der Waals surface area contributed by atoms with Crippen LogP contribution in [0.2, 0.25) is 0 Å². The van der Waals surface area contributed by atoms with E-state index in [4.69, 9.17) is 9.84 Å². The normalized spacial score (nSPS) is 13.0. The summed E-state index contributed by atoms with van der Waals surface area (Å²) in [5.41, 5.74) is 0. The number of rotatable bonds is 10. The van der Waals surface area contributed by atoms with Crippen LogP contribution in [0, 0.1) is 0 Å². The number of hydrogen-bond donors (Lipinski definition) is 1. The molecule has 0 aliphatic rings. The van der Waals surface area contributed by atoms with E-state index in [2.05, 4.69) is 0 Å². The molecule has 0 aromatic carbocycles. The van der Waals surface area contributed by atoms with Crippen molar-refractivity contribution < 1.29 is 19.4 Å². The van der Waals surface area contributed by atoms with Crippen molar-refractivity contribution in [3.8, 4) is 0 Å². The molecule has 1 unspecified atom stereocenters. The van der Waals surface area contributed by atoms with Gasteiger partial charge in [-0.25, -0.2) is 0 Å². The molecule has 18 heavy (non-hydrogen) atoms. The summed E-state index contributed by atoms with van der Waals surface area (Å²) in [5.74, 6) is -0.778. The number of carbonyl (C=O) groups excluding carboxylic acids is 1. The number of Topliss-reactive ketones (excluding diaryl/α,β-unsaturated/α-hetero) is 1. The highest BCUT2D eigenvalue weighted by Gasteiger charge is 2.18. The van der Waals surface area contributed by atoms with Gasteiger partial charge in [-0.3, -0.25) is 14.5 Å². The maximum absolute atomic E-state index is 11.4. The van der Waals surface area contributed by atoms with Gasteiger partial charge in [0.05, 0.1) is 18.6 Å². The molecule has 0 aromatic heterocycles. The Labute approximate surface area is 109 Å². The standard InChI is InChI=1S/C13H25NO4/c1-10(2)18-9-5-7-14(8-6-13(16)17)11(3)12(4)15/h10-11H,5-9H2,1-4H3,(H,16,17). The van der Waals surface area contributed by atoms with Crippen LogP contribution < -0.4 is 0 Å². The monoisotopic (exact) mass is 259 g/mol. The van der Waals surface area contributed by atoms with Crippen molar-refractivity contribution in [2.75, 3.05) is 19.7 Å². The predicted molar refractivity (Wildman–Crippen MR) is 69.7 cm³/mol. The zero-order valence-electron chi connectivity index (χ0n) is 11.8. The van der Waals surface area contributed by atoms with Gasteiger partial charge in [-0.15, -0.1) is 0 Å². The summed E-state index contributed by atoms with van der Waals surface area (Å²) in [6.45, 7) is 9.00. The molecule has 0 aliphatic carbocycles. The minimum absolute atomic E-state index is 0.0582. The minimum Gasteiger partial charge on any atom is -0.481 e. The zero-order valence-corrected chi connectivity index (χ0v) is 11.8. The zero-order chi connectivity index (χ0) is 14.1. The molecule has 0 aromatic rings. The number of ether oxygens (including phenoxy) is 1. The Morgan fingerprint density at radius 1 is 1.22 bits per heavy atom. The van der Waals surface area contributed by atoms with Gasteiger partial charge < -0.3 is 9.84 Å². The van der Waals surface area contributed by atoms with Crippen molar-refractivity contribution in [3.05, 3.63) is 0 Å². The fourth-order valence-corrected chi connectivity index (χ4v) is 1.58. The molecule has 5 nitrogen and oxygen atoms in total. The van der Waals surface area contributed by atoms with Gasteiger partial charge in [-0.05, 0) is 34.1 Å². The van der Waals surface area contributed by atoms with E-state index in [1.807, 2.05) is 25.7 Å². The van der Waals surface area contributed by atoms with Crippen molar-refractivity contribution in [1.29, 1.82) is 0 Å². The van der Waals surface area contributed by atoms with Gasteiger partial charge in [0.1, 0.15) is 5.78 Å². The van der Waals surface area contributed by atoms with Crippen LogP contribution >= 0.6 is 0 Å². The summed E-state index contributed by atoms with van der Waals surface area (Å²) in [6.07, 6.45) is 1.06. The van der Waals surface area contributed by atoms with Gasteiger partial charge in [-0.2, -0.15) is 0 Å². The molecule has 0 aliphatic heterocycles. The lowest BCUT2D eigenvalue weighted by atomic mass is 10.2. The number of hydrogen-bond acceptors (Lipinski definition) is 4. The Balaban J connectivity index is 4.12. The van der Waals surface area contributed by atoms with E-state index in [9.17, 15) is 9.59 Å². The van der Waals surface area contributed by atoms with Crippen LogP contribution in [0.4, 0.5) is 0 Å². The Morgan fingerprint density at radius 3 is 2.28 bits per heavy atom. The van der Waals surface area contributed by atoms with Gasteiger partial charge in [-0.1, -0.05) is 0 Å². The predicted octanol–water partition coefficient (Wildman–Crippen LogP) is 1.56. The smallest absolute Gasteiger partial charge is 0.304 e. The number of carboxylic acids is 1.